The second-order valence-electron chi connectivity index (χ2n) is 4.64. The monoisotopic (exact) mass is 361 g/mol. The third kappa shape index (κ3) is 4.80. The Labute approximate surface area is 139 Å². The highest BCUT2D eigenvalue weighted by Crippen LogP contribution is 2.33. The lowest BCUT2D eigenvalue weighted by Crippen LogP contribution is -2.14. The molecule has 0 bridgehead atoms. The van der Waals surface area contributed by atoms with Crippen molar-refractivity contribution in [3.63, 3.8) is 0 Å². The van der Waals surface area contributed by atoms with Crippen molar-refractivity contribution in [1.29, 1.82) is 0 Å². The number of hydrogen-bond acceptors (Lipinski definition) is 3. The molecule has 0 atom stereocenters. The number of thiophene rings is 1. The Morgan fingerprint density at radius 2 is 1.91 bits per heavy atom. The van der Waals surface area contributed by atoms with Crippen LogP contribution in [-0.4, -0.2) is 11.7 Å². The smallest absolute Gasteiger partial charge is 0.325 e. The van der Waals surface area contributed by atoms with Crippen LogP contribution in [0.4, 0.5) is 18.9 Å². The first kappa shape index (κ1) is 17.5. The molecule has 1 amide bonds. The normalized spacial score (nSPS) is 11.3. The number of halogens is 4. The molecule has 3 nitrogen and oxygen atoms in total. The van der Waals surface area contributed by atoms with Crippen molar-refractivity contribution < 1.29 is 22.8 Å². The third-order valence-corrected chi connectivity index (χ3v) is 4.18. The Bertz CT molecular complexity index is 714. The molecule has 0 fully saturated rings. The fraction of sp³-hybridized carbons (Fsp3) is 0.200. The van der Waals surface area contributed by atoms with Crippen molar-refractivity contribution in [1.82, 2.24) is 0 Å². The zero-order valence-corrected chi connectivity index (χ0v) is 13.2. The van der Waals surface area contributed by atoms with Gasteiger partial charge in [-0.3, -0.25) is 9.59 Å². The minimum atomic E-state index is -4.53. The summed E-state index contributed by atoms with van der Waals surface area (Å²) in [6.07, 6.45) is -4.69. The van der Waals surface area contributed by atoms with Gasteiger partial charge >= 0.3 is 6.18 Å². The molecular weight excluding hydrogens is 351 g/mol. The lowest BCUT2D eigenvalue weighted by molar-refractivity contribution is -0.137. The number of rotatable bonds is 5. The third-order valence-electron chi connectivity index (χ3n) is 2.94. The molecule has 0 radical (unpaired) electrons. The summed E-state index contributed by atoms with van der Waals surface area (Å²) in [5.74, 6) is -0.763. The number of benzene rings is 1. The fourth-order valence-electron chi connectivity index (χ4n) is 1.80. The molecule has 0 aliphatic heterocycles. The number of amides is 1. The Hall–Kier alpha value is -1.86. The maximum atomic E-state index is 12.6. The standard InChI is InChI=1S/C15H11ClF3NO2S/c16-10-4-3-9(15(17,18)19)8-11(10)20-14(22)6-5-12(21)13-2-1-7-23-13/h1-4,7-8H,5-6H2,(H,20,22). The van der Waals surface area contributed by atoms with Gasteiger partial charge in [-0.1, -0.05) is 17.7 Å². The van der Waals surface area contributed by atoms with Gasteiger partial charge in [0.1, 0.15) is 0 Å². The van der Waals surface area contributed by atoms with Crippen molar-refractivity contribution in [2.45, 2.75) is 19.0 Å². The number of Topliss-reactive ketones (excluding diaryl/α,β-unsaturated/α-hetero) is 1. The molecule has 0 unspecified atom stereocenters. The molecule has 2 rings (SSSR count). The van der Waals surface area contributed by atoms with E-state index in [4.69, 9.17) is 11.6 Å². The highest BCUT2D eigenvalue weighted by molar-refractivity contribution is 7.12. The highest BCUT2D eigenvalue weighted by atomic mass is 35.5. The Morgan fingerprint density at radius 3 is 2.52 bits per heavy atom. The quantitative estimate of drug-likeness (QED) is 0.760. The highest BCUT2D eigenvalue weighted by Gasteiger charge is 2.31. The molecule has 23 heavy (non-hydrogen) atoms. The van der Waals surface area contributed by atoms with E-state index in [0.29, 0.717) is 4.88 Å². The van der Waals surface area contributed by atoms with Crippen LogP contribution in [-0.2, 0) is 11.0 Å². The molecule has 0 saturated heterocycles. The van der Waals surface area contributed by atoms with E-state index >= 15 is 0 Å². The summed E-state index contributed by atoms with van der Waals surface area (Å²) in [6, 6.07) is 6.03. The predicted octanol–water partition coefficient (Wildman–Crippen LogP) is 5.02. The average molecular weight is 362 g/mol. The van der Waals surface area contributed by atoms with Gasteiger partial charge in [0.25, 0.3) is 0 Å². The average Bonchev–Trinajstić information content (AvgIpc) is 3.00. The molecule has 0 saturated carbocycles. The fourth-order valence-corrected chi connectivity index (χ4v) is 2.66. The maximum absolute atomic E-state index is 12.6. The first-order valence-corrected chi connectivity index (χ1v) is 7.76. The van der Waals surface area contributed by atoms with Gasteiger partial charge in [-0.05, 0) is 29.6 Å². The Balaban J connectivity index is 1.99. The van der Waals surface area contributed by atoms with E-state index in [1.54, 1.807) is 17.5 Å². The summed E-state index contributed by atoms with van der Waals surface area (Å²) in [5, 5.41) is 4.05. The van der Waals surface area contributed by atoms with E-state index < -0.39 is 17.6 Å². The number of alkyl halides is 3. The van der Waals surface area contributed by atoms with Crippen LogP contribution in [0.1, 0.15) is 28.1 Å². The lowest BCUT2D eigenvalue weighted by atomic mass is 10.1. The SMILES string of the molecule is O=C(CCC(=O)c1cccs1)Nc1cc(C(F)(F)F)ccc1Cl. The van der Waals surface area contributed by atoms with Gasteiger partial charge in [0.2, 0.25) is 5.91 Å². The second-order valence-corrected chi connectivity index (χ2v) is 6.00. The molecule has 1 heterocycles. The van der Waals surface area contributed by atoms with E-state index in [-0.39, 0.29) is 29.3 Å². The van der Waals surface area contributed by atoms with Crippen LogP contribution in [0.3, 0.4) is 0 Å². The number of nitrogens with one attached hydrogen (secondary N) is 1. The van der Waals surface area contributed by atoms with Gasteiger partial charge in [0.15, 0.2) is 5.78 Å². The number of carbonyl (C=O) groups is 2. The number of hydrogen-bond donors (Lipinski definition) is 1. The van der Waals surface area contributed by atoms with Gasteiger partial charge in [0.05, 0.1) is 21.2 Å². The predicted molar refractivity (Wildman–Crippen MR) is 83.0 cm³/mol. The molecule has 8 heteroatoms. The van der Waals surface area contributed by atoms with Gasteiger partial charge in [-0.2, -0.15) is 13.2 Å². The summed E-state index contributed by atoms with van der Waals surface area (Å²) in [5.41, 5.74) is -1.04. The minimum Gasteiger partial charge on any atom is -0.325 e. The van der Waals surface area contributed by atoms with Crippen LogP contribution in [0.25, 0.3) is 0 Å². The minimum absolute atomic E-state index is 0.00377. The molecule has 0 aliphatic rings. The van der Waals surface area contributed by atoms with Gasteiger partial charge in [0, 0.05) is 12.8 Å². The molecule has 0 spiro atoms. The Morgan fingerprint density at radius 1 is 1.17 bits per heavy atom. The van der Waals surface area contributed by atoms with Crippen molar-refractivity contribution in [2.75, 3.05) is 5.32 Å². The van der Waals surface area contributed by atoms with Crippen LogP contribution < -0.4 is 5.32 Å². The lowest BCUT2D eigenvalue weighted by Gasteiger charge is -2.11. The zero-order valence-electron chi connectivity index (χ0n) is 11.6. The first-order valence-electron chi connectivity index (χ1n) is 6.50. The molecule has 1 N–H and O–H groups in total. The second kappa shape index (κ2) is 7.14. The first-order chi connectivity index (χ1) is 10.8. The molecule has 1 aromatic carbocycles. The van der Waals surface area contributed by atoms with Gasteiger partial charge in [-0.25, -0.2) is 0 Å². The topological polar surface area (TPSA) is 46.2 Å². The number of anilines is 1. The summed E-state index contributed by atoms with van der Waals surface area (Å²) in [6.45, 7) is 0. The van der Waals surface area contributed by atoms with Crippen LogP contribution in [0.15, 0.2) is 35.7 Å². The van der Waals surface area contributed by atoms with E-state index in [2.05, 4.69) is 5.32 Å². The van der Waals surface area contributed by atoms with Crippen LogP contribution in [0.2, 0.25) is 5.02 Å². The van der Waals surface area contributed by atoms with E-state index in [9.17, 15) is 22.8 Å². The summed E-state index contributed by atoms with van der Waals surface area (Å²) in [4.78, 5) is 24.1. The van der Waals surface area contributed by atoms with Crippen LogP contribution >= 0.6 is 22.9 Å². The largest absolute Gasteiger partial charge is 0.416 e. The van der Waals surface area contributed by atoms with Crippen molar-refractivity contribution in [2.24, 2.45) is 0 Å². The van der Waals surface area contributed by atoms with Crippen LogP contribution in [0.5, 0.6) is 0 Å². The Kier molecular flexibility index (Phi) is 5.43. The van der Waals surface area contributed by atoms with Gasteiger partial charge in [-0.15, -0.1) is 11.3 Å². The summed E-state index contributed by atoms with van der Waals surface area (Å²) >= 11 is 7.05. The molecular formula is C15H11ClF3NO2S. The summed E-state index contributed by atoms with van der Waals surface area (Å²) in [7, 11) is 0. The van der Waals surface area contributed by atoms with E-state index in [1.165, 1.54) is 11.3 Å². The van der Waals surface area contributed by atoms with Crippen LogP contribution in [0, 0.1) is 0 Å². The van der Waals surface area contributed by atoms with Crippen molar-refractivity contribution in [3.8, 4) is 0 Å². The number of carbonyl (C=O) groups excluding carboxylic acids is 2. The van der Waals surface area contributed by atoms with E-state index in [0.717, 1.165) is 18.2 Å². The summed E-state index contributed by atoms with van der Waals surface area (Å²) < 4.78 is 37.9. The molecule has 2 aromatic rings. The van der Waals surface area contributed by atoms with E-state index in [1.807, 2.05) is 0 Å². The molecule has 1 aromatic heterocycles. The van der Waals surface area contributed by atoms with Gasteiger partial charge < -0.3 is 5.32 Å². The van der Waals surface area contributed by atoms with Crippen molar-refractivity contribution in [3.05, 3.63) is 51.2 Å². The number of ketones is 1. The molecule has 0 aliphatic carbocycles. The zero-order chi connectivity index (χ0) is 17.0. The van der Waals surface area contributed by atoms with Crippen molar-refractivity contribution >= 4 is 40.3 Å². The maximum Gasteiger partial charge on any atom is 0.416 e. The molecule has 122 valence electrons.